The van der Waals surface area contributed by atoms with Crippen molar-refractivity contribution in [2.75, 3.05) is 6.61 Å². The van der Waals surface area contributed by atoms with Crippen molar-refractivity contribution in [1.29, 1.82) is 0 Å². The molecule has 2 N–H and O–H groups in total. The predicted octanol–water partition coefficient (Wildman–Crippen LogP) is 4.84. The number of nitrogens with zero attached hydrogens (tertiary/aromatic N) is 1. The molecule has 3 rings (SSSR count). The van der Waals surface area contributed by atoms with Crippen LogP contribution in [-0.4, -0.2) is 30.9 Å². The third-order valence-electron chi connectivity index (χ3n) is 4.77. The fourth-order valence-electron chi connectivity index (χ4n) is 3.08. The monoisotopic (exact) mass is 523 g/mol. The molecule has 176 valence electrons. The quantitative estimate of drug-likeness (QED) is 0.294. The van der Waals surface area contributed by atoms with Gasteiger partial charge in [-0.25, -0.2) is 10.2 Å². The van der Waals surface area contributed by atoms with Crippen LogP contribution in [0.1, 0.15) is 23.6 Å². The number of hydrogen-bond donors (Lipinski definition) is 2. The second-order valence-corrected chi connectivity index (χ2v) is 8.21. The van der Waals surface area contributed by atoms with E-state index in [1.165, 1.54) is 6.21 Å². The highest BCUT2D eigenvalue weighted by Gasteiger charge is 2.21. The van der Waals surface area contributed by atoms with Gasteiger partial charge < -0.3 is 14.8 Å². The SMILES string of the molecule is CCOC(=O)N[C@H](Cc1ccccc1)C(=O)N/N=C\c1ccccc1OCc1ccc(Br)cc1. The highest BCUT2D eigenvalue weighted by atomic mass is 79.9. The van der Waals surface area contributed by atoms with Gasteiger partial charge in [0.2, 0.25) is 0 Å². The van der Waals surface area contributed by atoms with Crippen molar-refractivity contribution < 1.29 is 19.1 Å². The number of nitrogens with one attached hydrogen (secondary N) is 2. The van der Waals surface area contributed by atoms with E-state index < -0.39 is 18.0 Å². The minimum Gasteiger partial charge on any atom is -0.488 e. The molecule has 34 heavy (non-hydrogen) atoms. The minimum atomic E-state index is -0.845. The van der Waals surface area contributed by atoms with Crippen LogP contribution in [-0.2, 0) is 22.6 Å². The molecule has 0 radical (unpaired) electrons. The Morgan fingerprint density at radius 2 is 1.68 bits per heavy atom. The van der Waals surface area contributed by atoms with Crippen LogP contribution in [0.2, 0.25) is 0 Å². The number of ether oxygens (including phenoxy) is 2. The Morgan fingerprint density at radius 1 is 0.971 bits per heavy atom. The van der Waals surface area contributed by atoms with Gasteiger partial charge in [-0.1, -0.05) is 70.5 Å². The van der Waals surface area contributed by atoms with Crippen LogP contribution in [0.3, 0.4) is 0 Å². The Labute approximate surface area is 207 Å². The van der Waals surface area contributed by atoms with Crippen LogP contribution in [0.4, 0.5) is 4.79 Å². The number of carbonyl (C=O) groups excluding carboxylic acids is 2. The number of hydrazone groups is 1. The first kappa shape index (κ1) is 25.0. The van der Waals surface area contributed by atoms with Crippen LogP contribution in [0.15, 0.2) is 88.4 Å². The van der Waals surface area contributed by atoms with E-state index in [9.17, 15) is 9.59 Å². The maximum atomic E-state index is 12.8. The zero-order chi connectivity index (χ0) is 24.2. The molecule has 0 aliphatic carbocycles. The lowest BCUT2D eigenvalue weighted by Crippen LogP contribution is -2.47. The maximum Gasteiger partial charge on any atom is 0.407 e. The average Bonchev–Trinajstić information content (AvgIpc) is 2.85. The summed E-state index contributed by atoms with van der Waals surface area (Å²) in [5.74, 6) is 0.176. The first-order chi connectivity index (χ1) is 16.5. The second kappa shape index (κ2) is 13.2. The first-order valence-electron chi connectivity index (χ1n) is 10.8. The van der Waals surface area contributed by atoms with Crippen LogP contribution in [0, 0.1) is 0 Å². The smallest absolute Gasteiger partial charge is 0.407 e. The molecule has 0 aliphatic heterocycles. The molecule has 3 aromatic rings. The summed E-state index contributed by atoms with van der Waals surface area (Å²) in [6.07, 6.45) is 1.15. The highest BCUT2D eigenvalue weighted by Crippen LogP contribution is 2.18. The molecule has 0 spiro atoms. The number of halogens is 1. The number of carbonyl (C=O) groups is 2. The van der Waals surface area contributed by atoms with Crippen LogP contribution in [0.5, 0.6) is 5.75 Å². The summed E-state index contributed by atoms with van der Waals surface area (Å²) in [4.78, 5) is 24.7. The zero-order valence-corrected chi connectivity index (χ0v) is 20.3. The van der Waals surface area contributed by atoms with Gasteiger partial charge in [0.05, 0.1) is 12.8 Å². The number of rotatable bonds is 10. The Bertz CT molecular complexity index is 1100. The summed E-state index contributed by atoms with van der Waals surface area (Å²) in [7, 11) is 0. The summed E-state index contributed by atoms with van der Waals surface area (Å²) in [6.45, 7) is 2.31. The minimum absolute atomic E-state index is 0.209. The van der Waals surface area contributed by atoms with Gasteiger partial charge in [-0.15, -0.1) is 0 Å². The van der Waals surface area contributed by atoms with Gasteiger partial charge in [0.25, 0.3) is 5.91 Å². The summed E-state index contributed by atoms with van der Waals surface area (Å²) in [5.41, 5.74) is 5.14. The fraction of sp³-hybridized carbons (Fsp3) is 0.192. The largest absolute Gasteiger partial charge is 0.488 e. The van der Waals surface area contributed by atoms with Crippen molar-refractivity contribution in [3.8, 4) is 5.75 Å². The number of alkyl carbamates (subject to hydrolysis) is 1. The van der Waals surface area contributed by atoms with Crippen molar-refractivity contribution in [1.82, 2.24) is 10.7 Å². The van der Waals surface area contributed by atoms with E-state index >= 15 is 0 Å². The molecular formula is C26H26BrN3O4. The Hall–Kier alpha value is -3.65. The van der Waals surface area contributed by atoms with Crippen molar-refractivity contribution in [3.05, 3.63) is 100 Å². The lowest BCUT2D eigenvalue weighted by molar-refractivity contribution is -0.123. The predicted molar refractivity (Wildman–Crippen MR) is 135 cm³/mol. The standard InChI is InChI=1S/C26H26BrN3O4/c1-2-33-26(32)29-23(16-19-8-4-3-5-9-19)25(31)30-28-17-21-10-6-7-11-24(21)34-18-20-12-14-22(27)15-13-20/h3-15,17,23H,2,16,18H2,1H3,(H,29,32)(H,30,31)/b28-17-/t23-/m1/s1. The van der Waals surface area contributed by atoms with Gasteiger partial charge in [-0.3, -0.25) is 4.79 Å². The third kappa shape index (κ3) is 8.04. The van der Waals surface area contributed by atoms with Crippen molar-refractivity contribution in [2.45, 2.75) is 26.0 Å². The number of amides is 2. The molecule has 8 heteroatoms. The molecule has 3 aromatic carbocycles. The maximum absolute atomic E-state index is 12.8. The van der Waals surface area contributed by atoms with Gasteiger partial charge in [0.15, 0.2) is 0 Å². The Morgan fingerprint density at radius 3 is 2.41 bits per heavy atom. The van der Waals surface area contributed by atoms with Crippen molar-refractivity contribution in [3.63, 3.8) is 0 Å². The first-order valence-corrected chi connectivity index (χ1v) is 11.6. The molecule has 1 atom stereocenters. The molecule has 0 aliphatic rings. The third-order valence-corrected chi connectivity index (χ3v) is 5.30. The van der Waals surface area contributed by atoms with Crippen molar-refractivity contribution in [2.24, 2.45) is 5.10 Å². The lowest BCUT2D eigenvalue weighted by atomic mass is 10.1. The normalized spacial score (nSPS) is 11.6. The number of benzene rings is 3. The van der Waals surface area contributed by atoms with E-state index in [-0.39, 0.29) is 6.61 Å². The van der Waals surface area contributed by atoms with E-state index in [4.69, 9.17) is 9.47 Å². The summed E-state index contributed by atoms with van der Waals surface area (Å²) >= 11 is 3.42. The van der Waals surface area contributed by atoms with Gasteiger partial charge >= 0.3 is 6.09 Å². The fourth-order valence-corrected chi connectivity index (χ4v) is 3.34. The molecule has 0 fully saturated rings. The zero-order valence-electron chi connectivity index (χ0n) is 18.7. The van der Waals surface area contributed by atoms with Gasteiger partial charge in [0.1, 0.15) is 18.4 Å². The van der Waals surface area contributed by atoms with E-state index in [1.54, 1.807) is 6.92 Å². The van der Waals surface area contributed by atoms with E-state index in [2.05, 4.69) is 31.8 Å². The van der Waals surface area contributed by atoms with E-state index in [1.807, 2.05) is 78.9 Å². The number of para-hydroxylation sites is 1. The summed E-state index contributed by atoms with van der Waals surface area (Å²) in [6, 6.07) is 23.8. The van der Waals surface area contributed by atoms with Crippen LogP contribution in [0.25, 0.3) is 0 Å². The van der Waals surface area contributed by atoms with Gasteiger partial charge in [0, 0.05) is 16.5 Å². The lowest BCUT2D eigenvalue weighted by Gasteiger charge is -2.17. The Kier molecular flexibility index (Phi) is 9.66. The van der Waals surface area contributed by atoms with Gasteiger partial charge in [-0.05, 0) is 42.3 Å². The molecular weight excluding hydrogens is 498 g/mol. The average molecular weight is 524 g/mol. The van der Waals surface area contributed by atoms with Crippen LogP contribution < -0.4 is 15.5 Å². The molecule has 2 amide bonds. The van der Waals surface area contributed by atoms with E-state index in [0.29, 0.717) is 24.3 Å². The van der Waals surface area contributed by atoms with Crippen LogP contribution >= 0.6 is 15.9 Å². The van der Waals surface area contributed by atoms with Crippen molar-refractivity contribution >= 4 is 34.1 Å². The topological polar surface area (TPSA) is 89.0 Å². The molecule has 0 saturated carbocycles. The molecule has 0 saturated heterocycles. The highest BCUT2D eigenvalue weighted by molar-refractivity contribution is 9.10. The Balaban J connectivity index is 1.64. The summed E-state index contributed by atoms with van der Waals surface area (Å²) < 4.78 is 11.9. The molecule has 0 aromatic heterocycles. The second-order valence-electron chi connectivity index (χ2n) is 7.29. The number of hydrogen-bond acceptors (Lipinski definition) is 5. The molecule has 0 bridgehead atoms. The summed E-state index contributed by atoms with van der Waals surface area (Å²) in [5, 5.41) is 6.68. The molecule has 7 nitrogen and oxygen atoms in total. The molecule has 0 unspecified atom stereocenters. The molecule has 0 heterocycles. The van der Waals surface area contributed by atoms with E-state index in [0.717, 1.165) is 15.6 Å². The van der Waals surface area contributed by atoms with Gasteiger partial charge in [-0.2, -0.15) is 5.10 Å².